The topological polar surface area (TPSA) is 45.2 Å². The highest BCUT2D eigenvalue weighted by Crippen LogP contribution is 2.24. The zero-order chi connectivity index (χ0) is 17.1. The fourth-order valence-electron chi connectivity index (χ4n) is 3.84. The molecule has 1 aliphatic heterocycles. The maximum Gasteiger partial charge on any atom is 0.227 e. The lowest BCUT2D eigenvalue weighted by atomic mass is 9.96. The standard InChI is InChI=1S/C20H27N3O/c1-14-17-8-4-5-9-19(17)22-15(2)18(14)11-20(24)23-10-6-7-16(13-23)12-21-3/h4-5,8-9,16,21H,6-7,10-13H2,1-3H3. The molecule has 1 aromatic carbocycles. The average Bonchev–Trinajstić information content (AvgIpc) is 2.59. The number of aromatic nitrogens is 1. The Hall–Kier alpha value is -1.94. The summed E-state index contributed by atoms with van der Waals surface area (Å²) in [5.41, 5.74) is 4.27. The number of rotatable bonds is 4. The van der Waals surface area contributed by atoms with Crippen LogP contribution in [0.2, 0.25) is 0 Å². The van der Waals surface area contributed by atoms with Crippen LogP contribution in [0.3, 0.4) is 0 Å². The predicted octanol–water partition coefficient (Wildman–Crippen LogP) is 2.85. The number of carbonyl (C=O) groups excluding carboxylic acids is 1. The third kappa shape index (κ3) is 3.44. The minimum Gasteiger partial charge on any atom is -0.342 e. The van der Waals surface area contributed by atoms with Crippen molar-refractivity contribution >= 4 is 16.8 Å². The van der Waals surface area contributed by atoms with E-state index in [1.165, 1.54) is 12.0 Å². The van der Waals surface area contributed by atoms with E-state index in [1.807, 2.05) is 37.1 Å². The van der Waals surface area contributed by atoms with Crippen LogP contribution >= 0.6 is 0 Å². The van der Waals surface area contributed by atoms with E-state index in [9.17, 15) is 4.79 Å². The number of hydrogen-bond donors (Lipinski definition) is 1. The molecule has 1 aliphatic rings. The molecule has 128 valence electrons. The van der Waals surface area contributed by atoms with Gasteiger partial charge in [0.1, 0.15) is 0 Å². The van der Waals surface area contributed by atoms with Gasteiger partial charge in [-0.2, -0.15) is 0 Å². The number of likely N-dealkylation sites (tertiary alicyclic amines) is 1. The molecular weight excluding hydrogens is 298 g/mol. The van der Waals surface area contributed by atoms with Crippen molar-refractivity contribution < 1.29 is 4.79 Å². The third-order valence-corrected chi connectivity index (χ3v) is 5.18. The second-order valence-electron chi connectivity index (χ2n) is 6.90. The Kier molecular flexibility index (Phi) is 5.14. The van der Waals surface area contributed by atoms with Crippen molar-refractivity contribution in [2.45, 2.75) is 33.1 Å². The highest BCUT2D eigenvalue weighted by molar-refractivity contribution is 5.86. The minimum absolute atomic E-state index is 0.235. The van der Waals surface area contributed by atoms with Gasteiger partial charge in [0.25, 0.3) is 0 Å². The molecule has 4 heteroatoms. The van der Waals surface area contributed by atoms with Gasteiger partial charge < -0.3 is 10.2 Å². The lowest BCUT2D eigenvalue weighted by Gasteiger charge is -2.33. The largest absolute Gasteiger partial charge is 0.342 e. The zero-order valence-corrected chi connectivity index (χ0v) is 14.9. The van der Waals surface area contributed by atoms with Crippen LogP contribution in [0.5, 0.6) is 0 Å². The van der Waals surface area contributed by atoms with E-state index in [4.69, 9.17) is 4.98 Å². The van der Waals surface area contributed by atoms with Gasteiger partial charge in [-0.05, 0) is 63.4 Å². The van der Waals surface area contributed by atoms with E-state index in [0.717, 1.165) is 48.2 Å². The van der Waals surface area contributed by atoms with Gasteiger partial charge in [-0.15, -0.1) is 0 Å². The summed E-state index contributed by atoms with van der Waals surface area (Å²) >= 11 is 0. The first-order chi connectivity index (χ1) is 11.6. The fraction of sp³-hybridized carbons (Fsp3) is 0.500. The Morgan fingerprint density at radius 2 is 2.12 bits per heavy atom. The van der Waals surface area contributed by atoms with Crippen molar-refractivity contribution in [2.24, 2.45) is 5.92 Å². The molecule has 1 N–H and O–H groups in total. The molecule has 0 aliphatic carbocycles. The number of carbonyl (C=O) groups is 1. The number of hydrogen-bond acceptors (Lipinski definition) is 3. The fourth-order valence-corrected chi connectivity index (χ4v) is 3.84. The van der Waals surface area contributed by atoms with Crippen LogP contribution in [0.4, 0.5) is 0 Å². The van der Waals surface area contributed by atoms with Crippen LogP contribution in [-0.4, -0.2) is 42.5 Å². The smallest absolute Gasteiger partial charge is 0.227 e. The van der Waals surface area contributed by atoms with Gasteiger partial charge in [0.05, 0.1) is 11.9 Å². The summed E-state index contributed by atoms with van der Waals surface area (Å²) in [6.07, 6.45) is 2.77. The van der Waals surface area contributed by atoms with E-state index in [-0.39, 0.29) is 5.91 Å². The number of nitrogens with one attached hydrogen (secondary N) is 1. The molecule has 2 heterocycles. The summed E-state index contributed by atoms with van der Waals surface area (Å²) in [4.78, 5) is 19.6. The van der Waals surface area contributed by atoms with Gasteiger partial charge in [0.15, 0.2) is 0 Å². The van der Waals surface area contributed by atoms with Crippen LogP contribution in [0.25, 0.3) is 10.9 Å². The van der Waals surface area contributed by atoms with Gasteiger partial charge in [0, 0.05) is 24.2 Å². The van der Waals surface area contributed by atoms with Crippen molar-refractivity contribution in [3.8, 4) is 0 Å². The second-order valence-corrected chi connectivity index (χ2v) is 6.90. The summed E-state index contributed by atoms with van der Waals surface area (Å²) in [5, 5.41) is 4.39. The quantitative estimate of drug-likeness (QED) is 0.940. The van der Waals surface area contributed by atoms with Gasteiger partial charge in [-0.1, -0.05) is 18.2 Å². The molecule has 1 fully saturated rings. The van der Waals surface area contributed by atoms with Gasteiger partial charge in [0.2, 0.25) is 5.91 Å². The normalized spacial score (nSPS) is 18.1. The highest BCUT2D eigenvalue weighted by Gasteiger charge is 2.24. The van der Waals surface area contributed by atoms with Gasteiger partial charge in [-0.25, -0.2) is 0 Å². The number of benzene rings is 1. The van der Waals surface area contributed by atoms with Crippen molar-refractivity contribution in [3.63, 3.8) is 0 Å². The molecule has 1 saturated heterocycles. The number of piperidine rings is 1. The first-order valence-electron chi connectivity index (χ1n) is 8.87. The van der Waals surface area contributed by atoms with Crippen molar-refractivity contribution in [3.05, 3.63) is 41.1 Å². The summed E-state index contributed by atoms with van der Waals surface area (Å²) in [5.74, 6) is 0.809. The molecule has 1 atom stereocenters. The summed E-state index contributed by atoms with van der Waals surface area (Å²) in [6, 6.07) is 8.17. The lowest BCUT2D eigenvalue weighted by molar-refractivity contribution is -0.132. The Balaban J connectivity index is 1.80. The lowest BCUT2D eigenvalue weighted by Crippen LogP contribution is -2.43. The Morgan fingerprint density at radius 3 is 2.92 bits per heavy atom. The van der Waals surface area contributed by atoms with E-state index >= 15 is 0 Å². The number of aryl methyl sites for hydroxylation is 2. The molecule has 4 nitrogen and oxygen atoms in total. The van der Waals surface area contributed by atoms with Gasteiger partial charge in [-0.3, -0.25) is 9.78 Å². The second kappa shape index (κ2) is 7.31. The maximum atomic E-state index is 12.8. The van der Waals surface area contributed by atoms with Crippen molar-refractivity contribution in [2.75, 3.05) is 26.7 Å². The Bertz CT molecular complexity index is 739. The molecule has 0 radical (unpaired) electrons. The third-order valence-electron chi connectivity index (χ3n) is 5.18. The summed E-state index contributed by atoms with van der Waals surface area (Å²) < 4.78 is 0. The average molecular weight is 325 g/mol. The molecule has 24 heavy (non-hydrogen) atoms. The number of fused-ring (bicyclic) bond motifs is 1. The molecule has 0 spiro atoms. The highest BCUT2D eigenvalue weighted by atomic mass is 16.2. The van der Waals surface area contributed by atoms with Crippen molar-refractivity contribution in [1.29, 1.82) is 0 Å². The van der Waals surface area contributed by atoms with E-state index in [0.29, 0.717) is 12.3 Å². The molecular formula is C20H27N3O. The van der Waals surface area contributed by atoms with E-state index in [1.54, 1.807) is 0 Å². The van der Waals surface area contributed by atoms with Crippen LogP contribution in [0.15, 0.2) is 24.3 Å². The number of nitrogens with zero attached hydrogens (tertiary/aromatic N) is 2. The Labute approximate surface area is 144 Å². The first kappa shape index (κ1) is 16.9. The monoisotopic (exact) mass is 325 g/mol. The van der Waals surface area contributed by atoms with Crippen molar-refractivity contribution in [1.82, 2.24) is 15.2 Å². The minimum atomic E-state index is 0.235. The molecule has 1 unspecified atom stereocenters. The van der Waals surface area contributed by atoms with Crippen LogP contribution < -0.4 is 5.32 Å². The Morgan fingerprint density at radius 1 is 1.33 bits per heavy atom. The van der Waals surface area contributed by atoms with Crippen LogP contribution in [0, 0.1) is 19.8 Å². The molecule has 3 rings (SSSR count). The molecule has 1 aromatic heterocycles. The van der Waals surface area contributed by atoms with Crippen LogP contribution in [-0.2, 0) is 11.2 Å². The SMILES string of the molecule is CNCC1CCCN(C(=O)Cc2c(C)nc3ccccc3c2C)C1. The molecule has 1 amide bonds. The van der Waals surface area contributed by atoms with E-state index < -0.39 is 0 Å². The maximum absolute atomic E-state index is 12.8. The summed E-state index contributed by atoms with van der Waals surface area (Å²) in [7, 11) is 1.98. The van der Waals surface area contributed by atoms with Crippen LogP contribution in [0.1, 0.15) is 29.7 Å². The van der Waals surface area contributed by atoms with Gasteiger partial charge >= 0.3 is 0 Å². The first-order valence-corrected chi connectivity index (χ1v) is 8.87. The number of para-hydroxylation sites is 1. The van der Waals surface area contributed by atoms with E-state index in [2.05, 4.69) is 18.3 Å². The molecule has 0 saturated carbocycles. The summed E-state index contributed by atoms with van der Waals surface area (Å²) in [6.45, 7) is 6.87. The molecule has 2 aromatic rings. The molecule has 0 bridgehead atoms. The number of pyridine rings is 1. The predicted molar refractivity (Wildman–Crippen MR) is 98.2 cm³/mol. The number of amides is 1. The zero-order valence-electron chi connectivity index (χ0n) is 14.9.